The minimum atomic E-state index is -0.975. The maximum atomic E-state index is 10.9. The molecule has 0 unspecified atom stereocenters. The van der Waals surface area contributed by atoms with Crippen molar-refractivity contribution < 1.29 is 9.90 Å². The molecule has 0 aliphatic rings. The molecule has 84 valence electrons. The lowest BCUT2D eigenvalue weighted by Gasteiger charge is -2.05. The summed E-state index contributed by atoms with van der Waals surface area (Å²) < 4.78 is 3.31. The summed E-state index contributed by atoms with van der Waals surface area (Å²) in [5, 5.41) is 13.2. The monoisotopic (exact) mass is 220 g/mol. The zero-order chi connectivity index (χ0) is 11.7. The van der Waals surface area contributed by atoms with E-state index in [1.807, 2.05) is 19.3 Å². The summed E-state index contributed by atoms with van der Waals surface area (Å²) in [4.78, 5) is 14.9. The minimum absolute atomic E-state index is 0.183. The van der Waals surface area contributed by atoms with Crippen LogP contribution in [-0.4, -0.2) is 30.4 Å². The standard InChI is InChI=1S/C10H12N4O2/c1-7-11-5-9(10(15)16)14(7)6-8-3-4-13(2)12-8/h3-5H,6H2,1-2H3,(H,15,16). The molecule has 2 rings (SSSR count). The molecule has 2 heterocycles. The first kappa shape index (κ1) is 10.4. The largest absolute Gasteiger partial charge is 0.477 e. The summed E-state index contributed by atoms with van der Waals surface area (Å²) in [6.45, 7) is 2.20. The molecule has 0 spiro atoms. The van der Waals surface area contributed by atoms with Crippen molar-refractivity contribution in [2.75, 3.05) is 0 Å². The van der Waals surface area contributed by atoms with E-state index in [1.54, 1.807) is 16.2 Å². The Balaban J connectivity index is 2.33. The van der Waals surface area contributed by atoms with Crippen LogP contribution in [0.2, 0.25) is 0 Å². The second-order valence-corrected chi connectivity index (χ2v) is 3.56. The summed E-state index contributed by atoms with van der Waals surface area (Å²) in [5.74, 6) is -0.306. The molecule has 16 heavy (non-hydrogen) atoms. The SMILES string of the molecule is Cc1ncc(C(=O)O)n1Cc1ccn(C)n1. The Labute approximate surface area is 92.2 Å². The van der Waals surface area contributed by atoms with E-state index in [-0.39, 0.29) is 5.69 Å². The molecule has 0 aliphatic carbocycles. The molecule has 0 amide bonds. The maximum absolute atomic E-state index is 10.9. The highest BCUT2D eigenvalue weighted by atomic mass is 16.4. The lowest BCUT2D eigenvalue weighted by atomic mass is 10.4. The first-order valence-electron chi connectivity index (χ1n) is 4.82. The van der Waals surface area contributed by atoms with E-state index in [4.69, 9.17) is 5.11 Å². The number of carboxylic acids is 1. The number of hydrogen-bond donors (Lipinski definition) is 1. The highest BCUT2D eigenvalue weighted by Gasteiger charge is 2.13. The van der Waals surface area contributed by atoms with E-state index in [2.05, 4.69) is 10.1 Å². The van der Waals surface area contributed by atoms with Gasteiger partial charge in [-0.25, -0.2) is 9.78 Å². The normalized spacial score (nSPS) is 10.6. The van der Waals surface area contributed by atoms with Crippen molar-refractivity contribution in [3.05, 3.63) is 35.7 Å². The highest BCUT2D eigenvalue weighted by Crippen LogP contribution is 2.08. The van der Waals surface area contributed by atoms with E-state index in [9.17, 15) is 4.79 Å². The van der Waals surface area contributed by atoms with Gasteiger partial charge in [-0.1, -0.05) is 0 Å². The number of carbonyl (C=O) groups is 1. The predicted octanol–water partition coefficient (Wildman–Crippen LogP) is 0.672. The topological polar surface area (TPSA) is 72.9 Å². The average molecular weight is 220 g/mol. The number of aromatic carboxylic acids is 1. The second kappa shape index (κ2) is 3.80. The van der Waals surface area contributed by atoms with Crippen LogP contribution in [0.5, 0.6) is 0 Å². The Bertz CT molecular complexity index is 527. The Morgan fingerprint density at radius 3 is 2.88 bits per heavy atom. The lowest BCUT2D eigenvalue weighted by Crippen LogP contribution is -2.11. The van der Waals surface area contributed by atoms with E-state index in [1.165, 1.54) is 6.20 Å². The summed E-state index contributed by atoms with van der Waals surface area (Å²) in [5.41, 5.74) is 0.995. The Morgan fingerprint density at radius 2 is 2.31 bits per heavy atom. The van der Waals surface area contributed by atoms with Crippen molar-refractivity contribution in [3.8, 4) is 0 Å². The molecule has 2 aromatic heterocycles. The van der Waals surface area contributed by atoms with Crippen LogP contribution in [0.3, 0.4) is 0 Å². The molecular formula is C10H12N4O2. The number of carboxylic acid groups (broad SMARTS) is 1. The van der Waals surface area contributed by atoms with Crippen molar-refractivity contribution in [1.82, 2.24) is 19.3 Å². The van der Waals surface area contributed by atoms with Gasteiger partial charge < -0.3 is 9.67 Å². The molecule has 1 N–H and O–H groups in total. The molecule has 0 atom stereocenters. The van der Waals surface area contributed by atoms with E-state index < -0.39 is 5.97 Å². The summed E-state index contributed by atoms with van der Waals surface area (Å²) in [6.07, 6.45) is 3.18. The lowest BCUT2D eigenvalue weighted by molar-refractivity contribution is 0.0685. The maximum Gasteiger partial charge on any atom is 0.354 e. The van der Waals surface area contributed by atoms with Gasteiger partial charge in [0, 0.05) is 13.2 Å². The van der Waals surface area contributed by atoms with Gasteiger partial charge in [-0.15, -0.1) is 0 Å². The molecule has 2 aromatic rings. The second-order valence-electron chi connectivity index (χ2n) is 3.56. The van der Waals surface area contributed by atoms with Crippen LogP contribution in [0.1, 0.15) is 22.0 Å². The third-order valence-electron chi connectivity index (χ3n) is 2.36. The van der Waals surface area contributed by atoms with E-state index in [0.717, 1.165) is 5.69 Å². The Kier molecular flexibility index (Phi) is 2.47. The molecule has 0 radical (unpaired) electrons. The van der Waals surface area contributed by atoms with Crippen LogP contribution in [0.4, 0.5) is 0 Å². The van der Waals surface area contributed by atoms with Gasteiger partial charge in [0.2, 0.25) is 0 Å². The van der Waals surface area contributed by atoms with Gasteiger partial charge in [-0.05, 0) is 13.0 Å². The Hall–Kier alpha value is -2.11. The van der Waals surface area contributed by atoms with Crippen LogP contribution < -0.4 is 0 Å². The molecule has 6 nitrogen and oxygen atoms in total. The van der Waals surface area contributed by atoms with Gasteiger partial charge in [0.25, 0.3) is 0 Å². The zero-order valence-electron chi connectivity index (χ0n) is 9.08. The van der Waals surface area contributed by atoms with Gasteiger partial charge >= 0.3 is 5.97 Å². The van der Waals surface area contributed by atoms with Crippen LogP contribution in [0.25, 0.3) is 0 Å². The molecule has 0 aromatic carbocycles. The van der Waals surface area contributed by atoms with Crippen molar-refractivity contribution >= 4 is 5.97 Å². The molecular weight excluding hydrogens is 208 g/mol. The van der Waals surface area contributed by atoms with Crippen molar-refractivity contribution in [1.29, 1.82) is 0 Å². The van der Waals surface area contributed by atoms with Crippen molar-refractivity contribution in [2.45, 2.75) is 13.5 Å². The van der Waals surface area contributed by atoms with Gasteiger partial charge in [0.05, 0.1) is 18.4 Å². The predicted molar refractivity (Wildman–Crippen MR) is 56.2 cm³/mol. The van der Waals surface area contributed by atoms with Crippen LogP contribution in [0, 0.1) is 6.92 Å². The average Bonchev–Trinajstić information content (AvgIpc) is 2.76. The first-order chi connectivity index (χ1) is 7.58. The molecule has 0 saturated carbocycles. The summed E-state index contributed by atoms with van der Waals surface area (Å²) >= 11 is 0. The Morgan fingerprint density at radius 1 is 1.56 bits per heavy atom. The summed E-state index contributed by atoms with van der Waals surface area (Å²) in [7, 11) is 1.82. The van der Waals surface area contributed by atoms with Gasteiger partial charge in [0.1, 0.15) is 11.5 Å². The van der Waals surface area contributed by atoms with Gasteiger partial charge in [-0.2, -0.15) is 5.10 Å². The smallest absolute Gasteiger partial charge is 0.354 e. The molecule has 0 saturated heterocycles. The van der Waals surface area contributed by atoms with E-state index >= 15 is 0 Å². The van der Waals surface area contributed by atoms with Gasteiger partial charge in [0.15, 0.2) is 0 Å². The number of nitrogens with zero attached hydrogens (tertiary/aromatic N) is 4. The van der Waals surface area contributed by atoms with Gasteiger partial charge in [-0.3, -0.25) is 4.68 Å². The van der Waals surface area contributed by atoms with Crippen molar-refractivity contribution in [2.24, 2.45) is 7.05 Å². The quantitative estimate of drug-likeness (QED) is 0.825. The van der Waals surface area contributed by atoms with E-state index in [0.29, 0.717) is 12.4 Å². The fourth-order valence-electron chi connectivity index (χ4n) is 1.55. The fraction of sp³-hybridized carbons (Fsp3) is 0.300. The molecule has 0 aliphatic heterocycles. The van der Waals surface area contributed by atoms with Crippen LogP contribution >= 0.6 is 0 Å². The van der Waals surface area contributed by atoms with Crippen molar-refractivity contribution in [3.63, 3.8) is 0 Å². The van der Waals surface area contributed by atoms with Crippen LogP contribution in [0.15, 0.2) is 18.5 Å². The number of aromatic nitrogens is 4. The third kappa shape index (κ3) is 1.81. The fourth-order valence-corrected chi connectivity index (χ4v) is 1.55. The molecule has 0 fully saturated rings. The number of rotatable bonds is 3. The van der Waals surface area contributed by atoms with Crippen LogP contribution in [-0.2, 0) is 13.6 Å². The zero-order valence-corrected chi connectivity index (χ0v) is 9.08. The number of hydrogen-bond acceptors (Lipinski definition) is 3. The molecule has 6 heteroatoms. The number of imidazole rings is 1. The highest BCUT2D eigenvalue weighted by molar-refractivity contribution is 5.85. The third-order valence-corrected chi connectivity index (χ3v) is 2.36. The number of aryl methyl sites for hydroxylation is 2. The summed E-state index contributed by atoms with van der Waals surface area (Å²) in [6, 6.07) is 1.85. The minimum Gasteiger partial charge on any atom is -0.477 e. The first-order valence-corrected chi connectivity index (χ1v) is 4.82. The molecule has 0 bridgehead atoms.